The fourth-order valence-electron chi connectivity index (χ4n) is 1.82. The van der Waals surface area contributed by atoms with Crippen LogP contribution in [0.25, 0.3) is 0 Å². The molecule has 22 heavy (non-hydrogen) atoms. The van der Waals surface area contributed by atoms with Crippen molar-refractivity contribution >= 4 is 29.1 Å². The number of ether oxygens (including phenoxy) is 1. The normalized spacial score (nSPS) is 10.3. The zero-order valence-corrected chi connectivity index (χ0v) is 12.9. The van der Waals surface area contributed by atoms with Crippen molar-refractivity contribution in [1.82, 2.24) is 9.97 Å². The van der Waals surface area contributed by atoms with Crippen molar-refractivity contribution in [2.24, 2.45) is 0 Å². The van der Waals surface area contributed by atoms with Crippen LogP contribution in [0, 0.1) is 5.41 Å². The Balaban J connectivity index is 2.32. The lowest BCUT2D eigenvalue weighted by Crippen LogP contribution is -2.13. The second kappa shape index (κ2) is 7.04. The van der Waals surface area contributed by atoms with Crippen LogP contribution in [-0.2, 0) is 11.3 Å². The summed E-state index contributed by atoms with van der Waals surface area (Å²) in [7, 11) is 0. The Hall–Kier alpha value is -2.41. The van der Waals surface area contributed by atoms with Gasteiger partial charge in [-0.2, -0.15) is 0 Å². The molecule has 0 aliphatic rings. The number of carbonyl (C=O) groups excluding carboxylic acids is 1. The average Bonchev–Trinajstić information content (AvgIpc) is 2.98. The quantitative estimate of drug-likeness (QED) is 0.626. The highest BCUT2D eigenvalue weighted by Crippen LogP contribution is 2.27. The molecule has 0 unspecified atom stereocenters. The first-order chi connectivity index (χ1) is 10.5. The van der Waals surface area contributed by atoms with Crippen molar-refractivity contribution in [2.75, 3.05) is 11.9 Å². The van der Waals surface area contributed by atoms with Crippen LogP contribution >= 0.6 is 11.6 Å². The van der Waals surface area contributed by atoms with Crippen molar-refractivity contribution < 1.29 is 13.9 Å². The second-order valence-corrected chi connectivity index (χ2v) is 4.71. The van der Waals surface area contributed by atoms with Gasteiger partial charge in [-0.25, -0.2) is 14.8 Å². The molecule has 0 amide bonds. The molecule has 0 aliphatic carbocycles. The number of oxazole rings is 1. The number of nitrogens with one attached hydrogen (secondary N) is 2. The molecule has 0 spiro atoms. The van der Waals surface area contributed by atoms with Gasteiger partial charge in [-0.3, -0.25) is 0 Å². The van der Waals surface area contributed by atoms with Gasteiger partial charge in [0.15, 0.2) is 0 Å². The molecule has 0 saturated heterocycles. The second-order valence-electron chi connectivity index (χ2n) is 4.33. The topological polar surface area (TPSA) is 101 Å². The van der Waals surface area contributed by atoms with Crippen LogP contribution in [0.3, 0.4) is 0 Å². The van der Waals surface area contributed by atoms with Crippen LogP contribution < -0.4 is 5.32 Å². The molecule has 2 aromatic heterocycles. The molecule has 0 fully saturated rings. The summed E-state index contributed by atoms with van der Waals surface area (Å²) in [5, 5.41) is 11.0. The van der Waals surface area contributed by atoms with Gasteiger partial charge in [-0.1, -0.05) is 11.6 Å². The molecule has 8 heteroatoms. The van der Waals surface area contributed by atoms with Crippen molar-refractivity contribution in [1.29, 1.82) is 5.41 Å². The molecule has 7 nitrogen and oxygen atoms in total. The van der Waals surface area contributed by atoms with Gasteiger partial charge in [0.1, 0.15) is 12.1 Å². The highest BCUT2D eigenvalue weighted by molar-refractivity contribution is 6.37. The lowest BCUT2D eigenvalue weighted by molar-refractivity contribution is 0.0526. The number of hydrogen-bond donors (Lipinski definition) is 2. The Bertz CT molecular complexity index is 686. The summed E-state index contributed by atoms with van der Waals surface area (Å²) >= 11 is 6.24. The maximum absolute atomic E-state index is 11.8. The lowest BCUT2D eigenvalue weighted by atomic mass is 10.1. The van der Waals surface area contributed by atoms with Gasteiger partial charge in [-0.15, -0.1) is 0 Å². The largest absolute Gasteiger partial charge is 0.462 e. The third kappa shape index (κ3) is 3.43. The molecule has 116 valence electrons. The van der Waals surface area contributed by atoms with Gasteiger partial charge in [0, 0.05) is 11.9 Å². The van der Waals surface area contributed by atoms with Crippen LogP contribution in [0.4, 0.5) is 5.82 Å². The van der Waals surface area contributed by atoms with Crippen LogP contribution in [0.2, 0.25) is 5.02 Å². The highest BCUT2D eigenvalue weighted by Gasteiger charge is 2.20. The van der Waals surface area contributed by atoms with E-state index in [1.165, 1.54) is 18.7 Å². The molecule has 0 bridgehead atoms. The first kappa shape index (κ1) is 16.0. The Morgan fingerprint density at radius 2 is 2.27 bits per heavy atom. The number of hydrogen-bond acceptors (Lipinski definition) is 7. The first-order valence-electron chi connectivity index (χ1n) is 6.58. The first-order valence-corrected chi connectivity index (χ1v) is 6.95. The molecule has 2 N–H and O–H groups in total. The summed E-state index contributed by atoms with van der Waals surface area (Å²) in [6, 6.07) is 0. The summed E-state index contributed by atoms with van der Waals surface area (Å²) in [5.41, 5.74) is 0.657. The van der Waals surface area contributed by atoms with E-state index in [4.69, 9.17) is 26.2 Å². The number of nitrogens with zero attached hydrogens (tertiary/aromatic N) is 2. The van der Waals surface area contributed by atoms with Crippen molar-refractivity contribution in [2.45, 2.75) is 20.4 Å². The molecule has 2 aromatic rings. The van der Waals surface area contributed by atoms with Crippen LogP contribution in [0.1, 0.15) is 35.7 Å². The van der Waals surface area contributed by atoms with Crippen LogP contribution in [0.5, 0.6) is 0 Å². The average molecular weight is 323 g/mol. The van der Waals surface area contributed by atoms with E-state index in [-0.39, 0.29) is 29.4 Å². The molecule has 0 radical (unpaired) electrons. The number of carbonyl (C=O) groups is 1. The smallest absolute Gasteiger partial charge is 0.341 e. The van der Waals surface area contributed by atoms with E-state index in [1.807, 2.05) is 0 Å². The molecule has 2 rings (SSSR count). The Kier molecular flexibility index (Phi) is 5.11. The fourth-order valence-corrected chi connectivity index (χ4v) is 2.17. The monoisotopic (exact) mass is 322 g/mol. The summed E-state index contributed by atoms with van der Waals surface area (Å²) in [4.78, 5) is 20.0. The molecule has 0 atom stereocenters. The number of aromatic nitrogens is 2. The van der Waals surface area contributed by atoms with Gasteiger partial charge in [0.2, 0.25) is 5.89 Å². The van der Waals surface area contributed by atoms with Crippen LogP contribution in [-0.4, -0.2) is 28.3 Å². The molecular weight excluding hydrogens is 308 g/mol. The SMILES string of the molecule is CCOC(=O)c1cnc(NCc2ncco2)c(C(C)=N)c1Cl. The zero-order chi connectivity index (χ0) is 16.1. The molecular formula is C14H15ClN4O3. The Morgan fingerprint density at radius 1 is 1.50 bits per heavy atom. The van der Waals surface area contributed by atoms with Crippen molar-refractivity contribution in [3.63, 3.8) is 0 Å². The van der Waals surface area contributed by atoms with Gasteiger partial charge in [0.25, 0.3) is 0 Å². The van der Waals surface area contributed by atoms with Gasteiger partial charge >= 0.3 is 5.97 Å². The van der Waals surface area contributed by atoms with Crippen molar-refractivity contribution in [3.05, 3.63) is 40.7 Å². The zero-order valence-electron chi connectivity index (χ0n) is 12.1. The van der Waals surface area contributed by atoms with E-state index in [9.17, 15) is 4.79 Å². The van der Waals surface area contributed by atoms with Gasteiger partial charge in [0.05, 0.1) is 35.5 Å². The summed E-state index contributed by atoms with van der Waals surface area (Å²) in [6.07, 6.45) is 4.32. The maximum Gasteiger partial charge on any atom is 0.341 e. The van der Waals surface area contributed by atoms with E-state index < -0.39 is 5.97 Å². The fraction of sp³-hybridized carbons (Fsp3) is 0.286. The minimum Gasteiger partial charge on any atom is -0.462 e. The van der Waals surface area contributed by atoms with E-state index >= 15 is 0 Å². The molecule has 0 aromatic carbocycles. The lowest BCUT2D eigenvalue weighted by Gasteiger charge is -2.13. The predicted molar refractivity (Wildman–Crippen MR) is 81.5 cm³/mol. The van der Waals surface area contributed by atoms with E-state index in [1.54, 1.807) is 13.8 Å². The van der Waals surface area contributed by atoms with E-state index in [2.05, 4.69) is 15.3 Å². The van der Waals surface area contributed by atoms with Crippen LogP contribution in [0.15, 0.2) is 23.1 Å². The summed E-state index contributed by atoms with van der Waals surface area (Å²) in [6.45, 7) is 3.79. The third-order valence-electron chi connectivity index (χ3n) is 2.78. The minimum absolute atomic E-state index is 0.131. The maximum atomic E-state index is 11.8. The number of halogens is 1. The molecule has 0 aliphatic heterocycles. The Labute approximate surface area is 132 Å². The standard InChI is InChI=1S/C14H15ClN4O3/c1-3-21-14(20)9-6-18-13(11(8(2)16)12(9)15)19-7-10-17-4-5-22-10/h4-6,16H,3,7H2,1-2H3,(H,18,19). The third-order valence-corrected chi connectivity index (χ3v) is 3.17. The molecule has 2 heterocycles. The number of rotatable bonds is 6. The highest BCUT2D eigenvalue weighted by atomic mass is 35.5. The molecule has 0 saturated carbocycles. The van der Waals surface area contributed by atoms with Gasteiger partial charge in [-0.05, 0) is 13.8 Å². The Morgan fingerprint density at radius 3 is 2.86 bits per heavy atom. The number of anilines is 1. The summed E-state index contributed by atoms with van der Waals surface area (Å²) in [5.74, 6) is 0.284. The van der Waals surface area contributed by atoms with Gasteiger partial charge < -0.3 is 19.9 Å². The minimum atomic E-state index is -0.568. The predicted octanol–water partition coefficient (Wildman–Crippen LogP) is 2.90. The van der Waals surface area contributed by atoms with E-state index in [0.717, 1.165) is 0 Å². The number of pyridine rings is 1. The summed E-state index contributed by atoms with van der Waals surface area (Å²) < 4.78 is 10.0. The number of esters is 1. The van der Waals surface area contributed by atoms with Crippen molar-refractivity contribution in [3.8, 4) is 0 Å². The van der Waals surface area contributed by atoms with E-state index in [0.29, 0.717) is 17.3 Å².